The molecule has 0 spiro atoms. The summed E-state index contributed by atoms with van der Waals surface area (Å²) in [6.07, 6.45) is 1.57. The average Bonchev–Trinajstić information content (AvgIpc) is 2.45. The lowest BCUT2D eigenvalue weighted by atomic mass is 10.5. The first-order valence-electron chi connectivity index (χ1n) is 3.77. The Hall–Kier alpha value is -1.91. The Morgan fingerprint density at radius 2 is 2.23 bits per heavy atom. The molecule has 5 heteroatoms. The Balaban J connectivity index is 2.90. The molecule has 0 unspecified atom stereocenters. The minimum absolute atomic E-state index is 0.381. The Labute approximate surface area is 73.2 Å². The van der Waals surface area contributed by atoms with Gasteiger partial charge in [0.05, 0.1) is 0 Å². The molecule has 2 aromatic heterocycles. The fourth-order valence-electron chi connectivity index (χ4n) is 1.13. The summed E-state index contributed by atoms with van der Waals surface area (Å²) in [6, 6.07) is 5.13. The van der Waals surface area contributed by atoms with Crippen LogP contribution in [0.25, 0.3) is 5.65 Å². The first-order chi connectivity index (χ1) is 6.20. The average molecular weight is 177 g/mol. The van der Waals surface area contributed by atoms with Crippen molar-refractivity contribution in [3.8, 4) is 0 Å². The van der Waals surface area contributed by atoms with Crippen LogP contribution in [0.3, 0.4) is 0 Å². The highest BCUT2D eigenvalue weighted by Crippen LogP contribution is 1.94. The van der Waals surface area contributed by atoms with Crippen LogP contribution in [-0.2, 0) is 0 Å². The molecule has 0 N–H and O–H groups in total. The van der Waals surface area contributed by atoms with Gasteiger partial charge in [-0.05, 0) is 12.1 Å². The van der Waals surface area contributed by atoms with Crippen molar-refractivity contribution < 1.29 is 4.79 Å². The number of carbonyl (C=O) groups is 1. The maximum Gasteiger partial charge on any atom is 0.357 e. The van der Waals surface area contributed by atoms with Gasteiger partial charge in [0.15, 0.2) is 5.65 Å². The van der Waals surface area contributed by atoms with E-state index in [1.54, 1.807) is 24.4 Å². The van der Waals surface area contributed by atoms with Gasteiger partial charge in [-0.15, -0.1) is 9.78 Å². The summed E-state index contributed by atoms with van der Waals surface area (Å²) >= 11 is 0. The zero-order chi connectivity index (χ0) is 9.42. The Bertz CT molecular complexity index is 523. The molecule has 0 radical (unpaired) electrons. The van der Waals surface area contributed by atoms with Gasteiger partial charge in [0, 0.05) is 13.1 Å². The maximum absolute atomic E-state index is 11.4. The van der Waals surface area contributed by atoms with Crippen molar-refractivity contribution in [2.75, 3.05) is 0 Å². The van der Waals surface area contributed by atoms with Crippen LogP contribution >= 0.6 is 0 Å². The molecule has 0 aliphatic carbocycles. The number of rotatable bonds is 0. The van der Waals surface area contributed by atoms with E-state index in [4.69, 9.17) is 0 Å². The van der Waals surface area contributed by atoms with Gasteiger partial charge < -0.3 is 0 Å². The molecule has 0 fully saturated rings. The highest BCUT2D eigenvalue weighted by atomic mass is 16.2. The third-order valence-corrected chi connectivity index (χ3v) is 1.73. The summed E-state index contributed by atoms with van der Waals surface area (Å²) in [6.45, 7) is 1.30. The molecule has 2 rings (SSSR count). The van der Waals surface area contributed by atoms with Gasteiger partial charge in [-0.3, -0.25) is 4.79 Å². The number of hydrogen-bond acceptors (Lipinski definition) is 3. The summed E-state index contributed by atoms with van der Waals surface area (Å²) < 4.78 is 2.16. The number of carbonyl (C=O) groups excluding carboxylic acids is 1. The predicted octanol–water partition coefficient (Wildman–Crippen LogP) is 0.156. The minimum Gasteiger partial charge on any atom is -0.273 e. The Morgan fingerprint density at radius 3 is 2.85 bits per heavy atom. The topological polar surface area (TPSA) is 56.4 Å². The smallest absolute Gasteiger partial charge is 0.273 e. The van der Waals surface area contributed by atoms with Gasteiger partial charge in [0.1, 0.15) is 0 Å². The monoisotopic (exact) mass is 177 g/mol. The van der Waals surface area contributed by atoms with E-state index in [-0.39, 0.29) is 5.91 Å². The SMILES string of the molecule is CC(=O)n1nc2ccccn2c1=O. The van der Waals surface area contributed by atoms with Crippen LogP contribution in [-0.4, -0.2) is 20.1 Å². The van der Waals surface area contributed by atoms with Crippen LogP contribution in [0.2, 0.25) is 0 Å². The van der Waals surface area contributed by atoms with Crippen LogP contribution in [0, 0.1) is 0 Å². The second-order valence-electron chi connectivity index (χ2n) is 2.64. The van der Waals surface area contributed by atoms with E-state index < -0.39 is 5.69 Å². The molecule has 0 atom stereocenters. The second-order valence-corrected chi connectivity index (χ2v) is 2.64. The molecule has 2 aromatic rings. The molecule has 0 aliphatic rings. The van der Waals surface area contributed by atoms with Crippen molar-refractivity contribution in [3.05, 3.63) is 34.9 Å². The first-order valence-corrected chi connectivity index (χ1v) is 3.77. The van der Waals surface area contributed by atoms with E-state index in [0.29, 0.717) is 5.65 Å². The van der Waals surface area contributed by atoms with Gasteiger partial charge >= 0.3 is 5.69 Å². The van der Waals surface area contributed by atoms with Gasteiger partial charge in [-0.25, -0.2) is 9.20 Å². The number of fused-ring (bicyclic) bond motifs is 1. The van der Waals surface area contributed by atoms with Gasteiger partial charge in [-0.2, -0.15) is 0 Å². The lowest BCUT2D eigenvalue weighted by molar-refractivity contribution is 0.0917. The lowest BCUT2D eigenvalue weighted by Gasteiger charge is -1.85. The molecule has 0 bridgehead atoms. The van der Waals surface area contributed by atoms with Crippen LogP contribution in [0.5, 0.6) is 0 Å². The van der Waals surface area contributed by atoms with E-state index in [2.05, 4.69) is 5.10 Å². The lowest BCUT2D eigenvalue weighted by Crippen LogP contribution is -2.25. The number of pyridine rings is 1. The molecule has 13 heavy (non-hydrogen) atoms. The predicted molar refractivity (Wildman–Crippen MR) is 45.8 cm³/mol. The van der Waals surface area contributed by atoms with Crippen molar-refractivity contribution in [1.29, 1.82) is 0 Å². The number of aromatic nitrogens is 3. The van der Waals surface area contributed by atoms with Crippen molar-refractivity contribution in [2.24, 2.45) is 0 Å². The largest absolute Gasteiger partial charge is 0.357 e. The van der Waals surface area contributed by atoms with Gasteiger partial charge in [0.2, 0.25) is 5.91 Å². The van der Waals surface area contributed by atoms with Crippen LogP contribution in [0.1, 0.15) is 11.7 Å². The summed E-state index contributed by atoms with van der Waals surface area (Å²) in [4.78, 5) is 22.3. The highest BCUT2D eigenvalue weighted by molar-refractivity contribution is 5.75. The van der Waals surface area contributed by atoms with E-state index >= 15 is 0 Å². The van der Waals surface area contributed by atoms with Crippen molar-refractivity contribution in [3.63, 3.8) is 0 Å². The minimum atomic E-state index is -0.428. The van der Waals surface area contributed by atoms with Gasteiger partial charge in [0.25, 0.3) is 0 Å². The van der Waals surface area contributed by atoms with E-state index in [9.17, 15) is 9.59 Å². The first kappa shape index (κ1) is 7.72. The molecule has 0 saturated heterocycles. The van der Waals surface area contributed by atoms with Crippen LogP contribution in [0.15, 0.2) is 29.2 Å². The fraction of sp³-hybridized carbons (Fsp3) is 0.125. The van der Waals surface area contributed by atoms with E-state index in [0.717, 1.165) is 4.68 Å². The standard InChI is InChI=1S/C8H7N3O2/c1-6(12)11-8(13)10-5-3-2-4-7(10)9-11/h2-5H,1H3. The Morgan fingerprint density at radius 1 is 1.46 bits per heavy atom. The zero-order valence-electron chi connectivity index (χ0n) is 6.97. The molecule has 66 valence electrons. The van der Waals surface area contributed by atoms with Gasteiger partial charge in [-0.1, -0.05) is 6.07 Å². The zero-order valence-corrected chi connectivity index (χ0v) is 6.97. The normalized spacial score (nSPS) is 10.5. The van der Waals surface area contributed by atoms with Crippen molar-refractivity contribution in [2.45, 2.75) is 6.92 Å². The van der Waals surface area contributed by atoms with Crippen LogP contribution in [0.4, 0.5) is 0 Å². The molecular weight excluding hydrogens is 170 g/mol. The summed E-state index contributed by atoms with van der Waals surface area (Å²) in [5.74, 6) is -0.381. The summed E-state index contributed by atoms with van der Waals surface area (Å²) in [7, 11) is 0. The quantitative estimate of drug-likeness (QED) is 0.575. The molecular formula is C8H7N3O2. The molecule has 0 saturated carbocycles. The third-order valence-electron chi connectivity index (χ3n) is 1.73. The van der Waals surface area contributed by atoms with Crippen LogP contribution < -0.4 is 5.69 Å². The maximum atomic E-state index is 11.4. The molecule has 2 heterocycles. The number of nitrogens with zero attached hydrogens (tertiary/aromatic N) is 3. The fourth-order valence-corrected chi connectivity index (χ4v) is 1.13. The van der Waals surface area contributed by atoms with E-state index in [1.165, 1.54) is 11.3 Å². The molecule has 0 amide bonds. The van der Waals surface area contributed by atoms with E-state index in [1.807, 2.05) is 0 Å². The molecule has 0 aromatic carbocycles. The molecule has 5 nitrogen and oxygen atoms in total. The highest BCUT2D eigenvalue weighted by Gasteiger charge is 2.07. The number of hydrogen-bond donors (Lipinski definition) is 0. The molecule has 0 aliphatic heterocycles. The third kappa shape index (κ3) is 1.05. The summed E-state index contributed by atoms with van der Waals surface area (Å²) in [5, 5.41) is 3.83. The van der Waals surface area contributed by atoms with Crippen molar-refractivity contribution >= 4 is 11.6 Å². The Kier molecular flexibility index (Phi) is 1.51. The second kappa shape index (κ2) is 2.55. The van der Waals surface area contributed by atoms with Crippen molar-refractivity contribution in [1.82, 2.24) is 14.2 Å². The summed E-state index contributed by atoms with van der Waals surface area (Å²) in [5.41, 5.74) is 0.0470.